The Hall–Kier alpha value is -0.610. The highest BCUT2D eigenvalue weighted by molar-refractivity contribution is 6.31. The number of aliphatic hydroxyl groups is 1. The number of aliphatic hydroxyl groups excluding tert-OH is 1. The molecule has 102 valence electrons. The van der Waals surface area contributed by atoms with Crippen molar-refractivity contribution in [3.8, 4) is 0 Å². The lowest BCUT2D eigenvalue weighted by Gasteiger charge is -2.17. The Kier molecular flexibility index (Phi) is 7.28. The first-order chi connectivity index (χ1) is 8.67. The van der Waals surface area contributed by atoms with E-state index in [0.717, 1.165) is 48.5 Å². The third-order valence-corrected chi connectivity index (χ3v) is 3.34. The van der Waals surface area contributed by atoms with Crippen molar-refractivity contribution < 1.29 is 5.11 Å². The van der Waals surface area contributed by atoms with E-state index in [9.17, 15) is 0 Å². The highest BCUT2D eigenvalue weighted by Gasteiger charge is 2.05. The molecule has 0 aliphatic carbocycles. The van der Waals surface area contributed by atoms with Crippen molar-refractivity contribution in [3.05, 3.63) is 34.3 Å². The summed E-state index contributed by atoms with van der Waals surface area (Å²) >= 11 is 6.22. The molecule has 4 heteroatoms. The van der Waals surface area contributed by atoms with Crippen LogP contribution in [0.3, 0.4) is 0 Å². The van der Waals surface area contributed by atoms with Gasteiger partial charge in [0.1, 0.15) is 0 Å². The number of hydrogen-bond acceptors (Lipinski definition) is 3. The van der Waals surface area contributed by atoms with E-state index in [4.69, 9.17) is 22.4 Å². The van der Waals surface area contributed by atoms with E-state index in [2.05, 4.69) is 18.0 Å². The highest BCUT2D eigenvalue weighted by Crippen LogP contribution is 2.19. The molecule has 3 nitrogen and oxygen atoms in total. The molecule has 1 aromatic carbocycles. The molecule has 1 rings (SSSR count). The van der Waals surface area contributed by atoms with Gasteiger partial charge in [0.15, 0.2) is 0 Å². The molecule has 0 bridgehead atoms. The Morgan fingerprint density at radius 2 is 2.06 bits per heavy atom. The number of nitrogens with two attached hydrogens (primary N) is 1. The minimum Gasteiger partial charge on any atom is -0.396 e. The second-order valence-electron chi connectivity index (χ2n) is 4.65. The van der Waals surface area contributed by atoms with Crippen molar-refractivity contribution in [1.82, 2.24) is 4.90 Å². The zero-order valence-electron chi connectivity index (χ0n) is 11.0. The van der Waals surface area contributed by atoms with Crippen molar-refractivity contribution in [1.29, 1.82) is 0 Å². The lowest BCUT2D eigenvalue weighted by Crippen LogP contribution is -2.19. The Bertz CT molecular complexity index is 358. The standard InChI is InChI=1S/C14H23ClN2O/c1-17(7-3-2-4-8-18)11-13-6-5-12(10-16)9-14(13)15/h5-6,9,18H,2-4,7-8,10-11,16H2,1H3. The maximum absolute atomic E-state index is 8.71. The second-order valence-corrected chi connectivity index (χ2v) is 5.06. The van der Waals surface area contributed by atoms with Crippen LogP contribution in [0, 0.1) is 0 Å². The number of hydrogen-bond donors (Lipinski definition) is 2. The van der Waals surface area contributed by atoms with Gasteiger partial charge in [-0.1, -0.05) is 23.7 Å². The normalized spacial score (nSPS) is 11.2. The first-order valence-electron chi connectivity index (χ1n) is 6.44. The fraction of sp³-hybridized carbons (Fsp3) is 0.571. The van der Waals surface area contributed by atoms with E-state index in [1.807, 2.05) is 12.1 Å². The van der Waals surface area contributed by atoms with Crippen LogP contribution < -0.4 is 5.73 Å². The fourth-order valence-corrected chi connectivity index (χ4v) is 2.15. The van der Waals surface area contributed by atoms with Crippen LogP contribution >= 0.6 is 11.6 Å². The molecule has 0 atom stereocenters. The third kappa shape index (κ3) is 5.36. The lowest BCUT2D eigenvalue weighted by molar-refractivity contribution is 0.271. The fourth-order valence-electron chi connectivity index (χ4n) is 1.89. The summed E-state index contributed by atoms with van der Waals surface area (Å²) in [5.41, 5.74) is 7.78. The first kappa shape index (κ1) is 15.4. The van der Waals surface area contributed by atoms with Gasteiger partial charge in [-0.25, -0.2) is 0 Å². The number of benzene rings is 1. The summed E-state index contributed by atoms with van der Waals surface area (Å²) < 4.78 is 0. The van der Waals surface area contributed by atoms with Gasteiger partial charge in [0, 0.05) is 24.7 Å². The van der Waals surface area contributed by atoms with Crippen LogP contribution in [0.15, 0.2) is 18.2 Å². The predicted molar refractivity (Wildman–Crippen MR) is 76.6 cm³/mol. The molecule has 0 amide bonds. The molecule has 0 radical (unpaired) electrons. The van der Waals surface area contributed by atoms with Crippen molar-refractivity contribution >= 4 is 11.6 Å². The molecule has 3 N–H and O–H groups in total. The van der Waals surface area contributed by atoms with E-state index in [1.54, 1.807) is 0 Å². The van der Waals surface area contributed by atoms with Gasteiger partial charge < -0.3 is 15.7 Å². The van der Waals surface area contributed by atoms with E-state index in [0.29, 0.717) is 6.54 Å². The average Bonchev–Trinajstić information content (AvgIpc) is 2.37. The highest BCUT2D eigenvalue weighted by atomic mass is 35.5. The maximum Gasteiger partial charge on any atom is 0.0454 e. The smallest absolute Gasteiger partial charge is 0.0454 e. The topological polar surface area (TPSA) is 49.5 Å². The third-order valence-electron chi connectivity index (χ3n) is 2.99. The summed E-state index contributed by atoms with van der Waals surface area (Å²) in [6.45, 7) is 2.69. The minimum absolute atomic E-state index is 0.288. The molecule has 0 aliphatic rings. The number of rotatable bonds is 8. The zero-order chi connectivity index (χ0) is 13.4. The van der Waals surface area contributed by atoms with Gasteiger partial charge in [0.25, 0.3) is 0 Å². The van der Waals surface area contributed by atoms with Crippen LogP contribution in [0.2, 0.25) is 5.02 Å². The number of unbranched alkanes of at least 4 members (excludes halogenated alkanes) is 2. The summed E-state index contributed by atoms with van der Waals surface area (Å²) in [4.78, 5) is 2.25. The average molecular weight is 271 g/mol. The van der Waals surface area contributed by atoms with Crippen molar-refractivity contribution in [2.75, 3.05) is 20.2 Å². The van der Waals surface area contributed by atoms with Crippen molar-refractivity contribution in [2.24, 2.45) is 5.73 Å². The molecule has 0 fully saturated rings. The summed E-state index contributed by atoms with van der Waals surface area (Å²) in [5, 5.41) is 9.50. The van der Waals surface area contributed by atoms with E-state index in [1.165, 1.54) is 0 Å². The van der Waals surface area contributed by atoms with Gasteiger partial charge in [0.05, 0.1) is 0 Å². The minimum atomic E-state index is 0.288. The van der Waals surface area contributed by atoms with Crippen LogP contribution in [-0.4, -0.2) is 30.2 Å². The van der Waals surface area contributed by atoms with E-state index >= 15 is 0 Å². The molecule has 0 unspecified atom stereocenters. The number of nitrogens with zero attached hydrogens (tertiary/aromatic N) is 1. The molecule has 0 saturated carbocycles. The Labute approximate surface area is 115 Å². The van der Waals surface area contributed by atoms with Crippen LogP contribution in [0.5, 0.6) is 0 Å². The summed E-state index contributed by atoms with van der Waals surface area (Å²) in [7, 11) is 2.09. The number of halogens is 1. The molecule has 0 aliphatic heterocycles. The van der Waals surface area contributed by atoms with Crippen molar-refractivity contribution in [3.63, 3.8) is 0 Å². The first-order valence-corrected chi connectivity index (χ1v) is 6.82. The molecule has 0 heterocycles. The maximum atomic E-state index is 8.71. The van der Waals surface area contributed by atoms with Crippen molar-refractivity contribution in [2.45, 2.75) is 32.4 Å². The Morgan fingerprint density at radius 1 is 1.28 bits per heavy atom. The van der Waals surface area contributed by atoms with Crippen LogP contribution in [0.4, 0.5) is 0 Å². The summed E-state index contributed by atoms with van der Waals surface area (Å²) in [6.07, 6.45) is 3.07. The van der Waals surface area contributed by atoms with Gasteiger partial charge in [-0.05, 0) is 50.0 Å². The van der Waals surface area contributed by atoms with E-state index in [-0.39, 0.29) is 6.61 Å². The summed E-state index contributed by atoms with van der Waals surface area (Å²) in [5.74, 6) is 0. The zero-order valence-corrected chi connectivity index (χ0v) is 11.8. The molecule has 0 aromatic heterocycles. The SMILES string of the molecule is CN(CCCCCO)Cc1ccc(CN)cc1Cl. The van der Waals surface area contributed by atoms with Crippen LogP contribution in [0.1, 0.15) is 30.4 Å². The molecule has 0 spiro atoms. The van der Waals surface area contributed by atoms with Crippen LogP contribution in [-0.2, 0) is 13.1 Å². The predicted octanol–water partition coefficient (Wildman–Crippen LogP) is 2.39. The summed E-state index contributed by atoms with van der Waals surface area (Å²) in [6, 6.07) is 6.02. The quantitative estimate of drug-likeness (QED) is 0.713. The monoisotopic (exact) mass is 270 g/mol. The molecular formula is C14H23ClN2O. The van der Waals surface area contributed by atoms with Gasteiger partial charge in [0.2, 0.25) is 0 Å². The molecular weight excluding hydrogens is 248 g/mol. The second kappa shape index (κ2) is 8.48. The van der Waals surface area contributed by atoms with Crippen LogP contribution in [0.25, 0.3) is 0 Å². The van der Waals surface area contributed by atoms with Gasteiger partial charge in [-0.3, -0.25) is 0 Å². The molecule has 0 saturated heterocycles. The van der Waals surface area contributed by atoms with Gasteiger partial charge >= 0.3 is 0 Å². The lowest BCUT2D eigenvalue weighted by atomic mass is 10.1. The largest absolute Gasteiger partial charge is 0.396 e. The Morgan fingerprint density at radius 3 is 2.67 bits per heavy atom. The van der Waals surface area contributed by atoms with Gasteiger partial charge in [-0.15, -0.1) is 0 Å². The van der Waals surface area contributed by atoms with Gasteiger partial charge in [-0.2, -0.15) is 0 Å². The van der Waals surface area contributed by atoms with E-state index < -0.39 is 0 Å². The molecule has 1 aromatic rings. The molecule has 18 heavy (non-hydrogen) atoms. The Balaban J connectivity index is 2.41.